The standard InChI is InChI=1S/C17H10ClF2N3S2/c18-13-2-1-3-14(20)12(13)8-24-16-21-22-17-23(16)15(9-25-17)10-4-6-11(19)7-5-10/h1-7,9H,8H2. The number of aromatic nitrogens is 3. The van der Waals surface area contributed by atoms with E-state index in [4.69, 9.17) is 11.6 Å². The van der Waals surface area contributed by atoms with Crippen LogP contribution in [-0.2, 0) is 5.75 Å². The summed E-state index contributed by atoms with van der Waals surface area (Å²) in [5.74, 6) is -0.294. The molecule has 2 heterocycles. The second-order valence-corrected chi connectivity index (χ2v) is 7.40. The lowest BCUT2D eigenvalue weighted by Crippen LogP contribution is -1.93. The Balaban J connectivity index is 1.69. The van der Waals surface area contributed by atoms with E-state index < -0.39 is 0 Å². The third kappa shape index (κ3) is 3.15. The lowest BCUT2D eigenvalue weighted by Gasteiger charge is -2.06. The molecule has 4 aromatic rings. The molecule has 0 N–H and O–H groups in total. The average molecular weight is 394 g/mol. The van der Waals surface area contributed by atoms with Crippen LogP contribution in [0.15, 0.2) is 53.0 Å². The molecule has 25 heavy (non-hydrogen) atoms. The van der Waals surface area contributed by atoms with Gasteiger partial charge in [0, 0.05) is 21.7 Å². The van der Waals surface area contributed by atoms with E-state index in [1.54, 1.807) is 24.3 Å². The zero-order valence-electron chi connectivity index (χ0n) is 12.6. The van der Waals surface area contributed by atoms with Crippen molar-refractivity contribution in [3.63, 3.8) is 0 Å². The Morgan fingerprint density at radius 2 is 1.88 bits per heavy atom. The van der Waals surface area contributed by atoms with E-state index in [1.165, 1.54) is 41.3 Å². The van der Waals surface area contributed by atoms with Crippen LogP contribution in [0.1, 0.15) is 5.56 Å². The second kappa shape index (κ2) is 6.74. The van der Waals surface area contributed by atoms with E-state index in [9.17, 15) is 8.78 Å². The van der Waals surface area contributed by atoms with Crippen LogP contribution in [0.25, 0.3) is 16.2 Å². The quantitative estimate of drug-likeness (QED) is 0.418. The van der Waals surface area contributed by atoms with Crippen LogP contribution in [-0.4, -0.2) is 14.6 Å². The van der Waals surface area contributed by atoms with E-state index in [0.717, 1.165) is 16.2 Å². The molecule has 4 rings (SSSR count). The van der Waals surface area contributed by atoms with Crippen LogP contribution >= 0.6 is 34.7 Å². The molecule has 0 aliphatic carbocycles. The number of fused-ring (bicyclic) bond motifs is 1. The number of hydrogen-bond donors (Lipinski definition) is 0. The predicted octanol–water partition coefficient (Wildman–Crippen LogP) is 5.68. The summed E-state index contributed by atoms with van der Waals surface area (Å²) in [7, 11) is 0. The molecule has 0 aliphatic heterocycles. The number of nitrogens with zero attached hydrogens (tertiary/aromatic N) is 3. The normalized spacial score (nSPS) is 11.3. The largest absolute Gasteiger partial charge is 0.260 e. The monoisotopic (exact) mass is 393 g/mol. The summed E-state index contributed by atoms with van der Waals surface area (Å²) in [6, 6.07) is 10.9. The van der Waals surface area contributed by atoms with Gasteiger partial charge in [-0.3, -0.25) is 4.40 Å². The first-order valence-electron chi connectivity index (χ1n) is 7.28. The first kappa shape index (κ1) is 16.5. The number of hydrogen-bond acceptors (Lipinski definition) is 4. The highest BCUT2D eigenvalue weighted by Gasteiger charge is 2.15. The number of benzene rings is 2. The smallest absolute Gasteiger partial charge is 0.217 e. The molecule has 0 fully saturated rings. The van der Waals surface area contributed by atoms with E-state index >= 15 is 0 Å². The molecule has 8 heteroatoms. The molecule has 2 aromatic carbocycles. The Labute approximate surface area is 155 Å². The highest BCUT2D eigenvalue weighted by Crippen LogP contribution is 2.32. The Morgan fingerprint density at radius 1 is 1.08 bits per heavy atom. The van der Waals surface area contributed by atoms with Crippen LogP contribution in [0, 0.1) is 11.6 Å². The summed E-state index contributed by atoms with van der Waals surface area (Å²) in [5, 5.41) is 11.3. The van der Waals surface area contributed by atoms with E-state index in [1.807, 2.05) is 9.78 Å². The number of halogens is 3. The molecule has 0 saturated heterocycles. The molecular formula is C17H10ClF2N3S2. The number of thiazole rings is 1. The van der Waals surface area contributed by atoms with Crippen molar-refractivity contribution >= 4 is 39.7 Å². The summed E-state index contributed by atoms with van der Waals surface area (Å²) in [6.07, 6.45) is 0. The maximum Gasteiger partial charge on any atom is 0.217 e. The third-order valence-electron chi connectivity index (χ3n) is 3.67. The van der Waals surface area contributed by atoms with Gasteiger partial charge in [0.25, 0.3) is 0 Å². The minimum atomic E-state index is -0.343. The van der Waals surface area contributed by atoms with Crippen molar-refractivity contribution in [2.45, 2.75) is 10.9 Å². The van der Waals surface area contributed by atoms with Gasteiger partial charge >= 0.3 is 0 Å². The van der Waals surface area contributed by atoms with Crippen LogP contribution in [0.5, 0.6) is 0 Å². The fourth-order valence-electron chi connectivity index (χ4n) is 2.42. The SMILES string of the molecule is Fc1ccc(-c2csc3nnc(SCc4c(F)cccc4Cl)n23)cc1. The van der Waals surface area contributed by atoms with Crippen molar-refractivity contribution in [3.8, 4) is 11.3 Å². The van der Waals surface area contributed by atoms with Gasteiger partial charge in [-0.15, -0.1) is 21.5 Å². The third-order valence-corrected chi connectivity index (χ3v) is 5.79. The van der Waals surface area contributed by atoms with Crippen LogP contribution < -0.4 is 0 Å². The molecule has 0 aliphatic rings. The minimum absolute atomic E-state index is 0.289. The Kier molecular flexibility index (Phi) is 4.45. The fourth-order valence-corrected chi connectivity index (χ4v) is 4.60. The summed E-state index contributed by atoms with van der Waals surface area (Å²) < 4.78 is 29.0. The molecule has 0 atom stereocenters. The van der Waals surface area contributed by atoms with E-state index in [2.05, 4.69) is 10.2 Å². The first-order chi connectivity index (χ1) is 12.1. The van der Waals surface area contributed by atoms with Gasteiger partial charge in [0.15, 0.2) is 5.16 Å². The zero-order valence-corrected chi connectivity index (χ0v) is 15.0. The van der Waals surface area contributed by atoms with Gasteiger partial charge in [0.1, 0.15) is 11.6 Å². The summed E-state index contributed by atoms with van der Waals surface area (Å²) in [4.78, 5) is 0.724. The minimum Gasteiger partial charge on any atom is -0.260 e. The molecule has 2 aromatic heterocycles. The highest BCUT2D eigenvalue weighted by atomic mass is 35.5. The zero-order chi connectivity index (χ0) is 17.4. The molecule has 126 valence electrons. The van der Waals surface area contributed by atoms with E-state index in [-0.39, 0.29) is 11.6 Å². The number of thioether (sulfide) groups is 1. The Hall–Kier alpha value is -1.96. The highest BCUT2D eigenvalue weighted by molar-refractivity contribution is 7.98. The average Bonchev–Trinajstić information content (AvgIpc) is 3.18. The first-order valence-corrected chi connectivity index (χ1v) is 9.52. The summed E-state index contributed by atoms with van der Waals surface area (Å²) in [5.41, 5.74) is 2.16. The van der Waals surface area contributed by atoms with Crippen molar-refractivity contribution in [1.82, 2.24) is 14.6 Å². The van der Waals surface area contributed by atoms with Crippen LogP contribution in [0.4, 0.5) is 8.78 Å². The van der Waals surface area contributed by atoms with Crippen LogP contribution in [0.3, 0.4) is 0 Å². The topological polar surface area (TPSA) is 30.2 Å². The fraction of sp³-hybridized carbons (Fsp3) is 0.0588. The maximum atomic E-state index is 13.9. The van der Waals surface area contributed by atoms with Gasteiger partial charge in [-0.25, -0.2) is 8.78 Å². The lowest BCUT2D eigenvalue weighted by atomic mass is 10.2. The maximum absolute atomic E-state index is 13.9. The van der Waals surface area contributed by atoms with Gasteiger partial charge in [0.2, 0.25) is 4.96 Å². The van der Waals surface area contributed by atoms with Crippen molar-refractivity contribution in [2.24, 2.45) is 0 Å². The van der Waals surface area contributed by atoms with Gasteiger partial charge in [-0.2, -0.15) is 0 Å². The molecule has 0 amide bonds. The molecule has 0 bridgehead atoms. The van der Waals surface area contributed by atoms with E-state index in [0.29, 0.717) is 21.5 Å². The summed E-state index contributed by atoms with van der Waals surface area (Å²) in [6.45, 7) is 0. The molecule has 3 nitrogen and oxygen atoms in total. The molecular weight excluding hydrogens is 384 g/mol. The summed E-state index contributed by atoms with van der Waals surface area (Å²) >= 11 is 8.88. The molecule has 0 unspecified atom stereocenters. The molecule has 0 spiro atoms. The van der Waals surface area contributed by atoms with Crippen molar-refractivity contribution in [2.75, 3.05) is 0 Å². The van der Waals surface area contributed by atoms with Gasteiger partial charge in [-0.05, 0) is 42.0 Å². The second-order valence-electron chi connectivity index (χ2n) is 5.22. The van der Waals surface area contributed by atoms with Crippen molar-refractivity contribution in [3.05, 3.63) is 70.1 Å². The Bertz CT molecular complexity index is 1020. The van der Waals surface area contributed by atoms with Crippen molar-refractivity contribution in [1.29, 1.82) is 0 Å². The van der Waals surface area contributed by atoms with Gasteiger partial charge in [-0.1, -0.05) is 29.4 Å². The number of rotatable bonds is 4. The predicted molar refractivity (Wildman–Crippen MR) is 97.2 cm³/mol. The van der Waals surface area contributed by atoms with Gasteiger partial charge in [0.05, 0.1) is 5.69 Å². The van der Waals surface area contributed by atoms with Gasteiger partial charge < -0.3 is 0 Å². The molecule has 0 saturated carbocycles. The molecule has 0 radical (unpaired) electrons. The van der Waals surface area contributed by atoms with Crippen molar-refractivity contribution < 1.29 is 8.78 Å². The Morgan fingerprint density at radius 3 is 2.64 bits per heavy atom. The van der Waals surface area contributed by atoms with Crippen LogP contribution in [0.2, 0.25) is 5.02 Å². The lowest BCUT2D eigenvalue weighted by molar-refractivity contribution is 0.617.